The van der Waals surface area contributed by atoms with E-state index in [-0.39, 0.29) is 11.3 Å². The maximum absolute atomic E-state index is 12.6. The molecule has 0 saturated carbocycles. The third kappa shape index (κ3) is 4.04. The molecule has 0 saturated heterocycles. The van der Waals surface area contributed by atoms with E-state index in [1.54, 1.807) is 5.32 Å². The quantitative estimate of drug-likeness (QED) is 0.821. The topological polar surface area (TPSA) is 38.3 Å². The number of hydrogen-bond donors (Lipinski definition) is 1. The zero-order valence-electron chi connectivity index (χ0n) is 9.76. The normalized spacial score (nSPS) is 11.8. The number of para-hydroxylation sites is 1. The van der Waals surface area contributed by atoms with Gasteiger partial charge in [-0.2, -0.15) is 17.6 Å². The lowest BCUT2D eigenvalue weighted by molar-refractivity contribution is -0.169. The molecule has 0 aliphatic rings. The van der Waals surface area contributed by atoms with Gasteiger partial charge >= 0.3 is 19.0 Å². The fourth-order valence-corrected chi connectivity index (χ4v) is 1.25. The highest BCUT2D eigenvalue weighted by atomic mass is 19.3. The van der Waals surface area contributed by atoms with Gasteiger partial charge in [0.05, 0.1) is 0 Å². The first-order valence-electron chi connectivity index (χ1n) is 5.22. The van der Waals surface area contributed by atoms with Crippen molar-refractivity contribution in [3.8, 4) is 5.75 Å². The van der Waals surface area contributed by atoms with Crippen molar-refractivity contribution in [3.63, 3.8) is 0 Å². The molecule has 1 amide bonds. The van der Waals surface area contributed by atoms with Gasteiger partial charge in [0.25, 0.3) is 5.91 Å². The molecule has 0 heterocycles. The maximum Gasteiger partial charge on any atom is 0.387 e. The van der Waals surface area contributed by atoms with Crippen LogP contribution < -0.4 is 10.1 Å². The second kappa shape index (κ2) is 6.49. The Morgan fingerprint density at radius 2 is 1.80 bits per heavy atom. The molecule has 1 aromatic carbocycles. The molecule has 1 aromatic rings. The van der Waals surface area contributed by atoms with E-state index in [1.807, 2.05) is 0 Å². The second-order valence-electron chi connectivity index (χ2n) is 3.59. The van der Waals surface area contributed by atoms with Crippen LogP contribution in [0.1, 0.15) is 5.56 Å². The predicted molar refractivity (Wildman–Crippen MR) is 55.9 cm³/mol. The van der Waals surface area contributed by atoms with E-state index in [4.69, 9.17) is 0 Å². The molecule has 3 nitrogen and oxygen atoms in total. The lowest BCUT2D eigenvalue weighted by atomic mass is 10.2. The van der Waals surface area contributed by atoms with Crippen LogP contribution in [0.4, 0.5) is 26.3 Å². The molecule has 1 N–H and O–H groups in total. The van der Waals surface area contributed by atoms with Crippen molar-refractivity contribution in [2.24, 2.45) is 0 Å². The Balaban J connectivity index is 2.73. The first-order valence-corrected chi connectivity index (χ1v) is 5.22. The Morgan fingerprint density at radius 1 is 1.20 bits per heavy atom. The van der Waals surface area contributed by atoms with Gasteiger partial charge < -0.3 is 10.1 Å². The summed E-state index contributed by atoms with van der Waals surface area (Å²) in [5, 5.41) is 1.54. The highest BCUT2D eigenvalue weighted by Crippen LogP contribution is 2.24. The third-order valence-corrected chi connectivity index (χ3v) is 2.20. The molecule has 0 fully saturated rings. The summed E-state index contributed by atoms with van der Waals surface area (Å²) >= 11 is 0. The Kier molecular flexibility index (Phi) is 5.23. The number of rotatable bonds is 6. The van der Waals surface area contributed by atoms with Crippen LogP contribution in [-0.2, 0) is 11.3 Å². The van der Waals surface area contributed by atoms with Crippen LogP contribution in [0.2, 0.25) is 0 Å². The van der Waals surface area contributed by atoms with Crippen molar-refractivity contribution in [2.75, 3.05) is 0 Å². The number of alkyl halides is 6. The number of benzene rings is 1. The summed E-state index contributed by atoms with van der Waals surface area (Å²) in [4.78, 5) is 10.9. The average Bonchev–Trinajstić information content (AvgIpc) is 2.36. The lowest BCUT2D eigenvalue weighted by Crippen LogP contribution is -2.44. The van der Waals surface area contributed by atoms with Crippen molar-refractivity contribution in [1.29, 1.82) is 0 Å². The average molecular weight is 301 g/mol. The molecule has 0 radical (unpaired) electrons. The molecule has 0 atom stereocenters. The molecule has 9 heteroatoms. The smallest absolute Gasteiger partial charge is 0.387 e. The number of nitrogens with one attached hydrogen (secondary N) is 1. The number of carbonyl (C=O) groups is 1. The third-order valence-electron chi connectivity index (χ3n) is 2.20. The molecular formula is C11H9F6NO2. The Bertz CT molecular complexity index is 466. The molecule has 20 heavy (non-hydrogen) atoms. The summed E-state index contributed by atoms with van der Waals surface area (Å²) in [5.41, 5.74) is -0.0498. The number of hydrogen-bond acceptors (Lipinski definition) is 2. The Hall–Kier alpha value is -1.93. The molecule has 0 bridgehead atoms. The molecule has 112 valence electrons. The minimum absolute atomic E-state index is 0.0498. The largest absolute Gasteiger partial charge is 0.434 e. The highest BCUT2D eigenvalue weighted by Gasteiger charge is 2.48. The van der Waals surface area contributed by atoms with E-state index in [1.165, 1.54) is 18.2 Å². The van der Waals surface area contributed by atoms with Crippen LogP contribution in [0.5, 0.6) is 5.75 Å². The van der Waals surface area contributed by atoms with Gasteiger partial charge in [-0.1, -0.05) is 18.2 Å². The summed E-state index contributed by atoms with van der Waals surface area (Å²) in [5.74, 6) is -7.39. The van der Waals surface area contributed by atoms with Gasteiger partial charge in [-0.05, 0) is 6.07 Å². The van der Waals surface area contributed by atoms with Crippen molar-refractivity contribution in [1.82, 2.24) is 5.32 Å². The van der Waals surface area contributed by atoms with Gasteiger partial charge in [0, 0.05) is 12.1 Å². The van der Waals surface area contributed by atoms with Gasteiger partial charge in [0.2, 0.25) is 0 Å². The lowest BCUT2D eigenvalue weighted by Gasteiger charge is -2.16. The highest BCUT2D eigenvalue weighted by molar-refractivity contribution is 5.83. The van der Waals surface area contributed by atoms with Crippen molar-refractivity contribution < 1.29 is 35.9 Å². The first-order chi connectivity index (χ1) is 9.25. The Morgan fingerprint density at radius 3 is 2.35 bits per heavy atom. The monoisotopic (exact) mass is 301 g/mol. The van der Waals surface area contributed by atoms with Crippen LogP contribution in [0.25, 0.3) is 0 Å². The van der Waals surface area contributed by atoms with Gasteiger partial charge in [-0.25, -0.2) is 8.78 Å². The van der Waals surface area contributed by atoms with E-state index in [0.29, 0.717) is 0 Å². The fraction of sp³-hybridized carbons (Fsp3) is 0.364. The number of halogens is 6. The molecule has 0 aliphatic heterocycles. The molecule has 0 spiro atoms. The summed E-state index contributed by atoms with van der Waals surface area (Å²) in [6, 6.07) is 5.07. The summed E-state index contributed by atoms with van der Waals surface area (Å²) in [7, 11) is 0. The zero-order valence-corrected chi connectivity index (χ0v) is 9.76. The van der Waals surface area contributed by atoms with E-state index >= 15 is 0 Å². The van der Waals surface area contributed by atoms with Crippen molar-refractivity contribution in [2.45, 2.75) is 25.5 Å². The first kappa shape index (κ1) is 16.1. The molecule has 1 rings (SSSR count). The van der Waals surface area contributed by atoms with Crippen LogP contribution in [-0.4, -0.2) is 24.9 Å². The minimum Gasteiger partial charge on any atom is -0.434 e. The predicted octanol–water partition coefficient (Wildman–Crippen LogP) is 2.80. The van der Waals surface area contributed by atoms with Crippen LogP contribution in [0, 0.1) is 0 Å². The number of ether oxygens (including phenoxy) is 1. The van der Waals surface area contributed by atoms with Crippen molar-refractivity contribution >= 4 is 5.91 Å². The minimum atomic E-state index is -4.85. The fourth-order valence-electron chi connectivity index (χ4n) is 1.25. The number of carbonyl (C=O) groups excluding carboxylic acids is 1. The van der Waals surface area contributed by atoms with E-state index in [2.05, 4.69) is 4.74 Å². The van der Waals surface area contributed by atoms with Gasteiger partial charge in [-0.15, -0.1) is 0 Å². The molecule has 0 unspecified atom stereocenters. The summed E-state index contributed by atoms with van der Waals surface area (Å²) in [6.45, 7) is -3.79. The summed E-state index contributed by atoms with van der Waals surface area (Å²) in [6.07, 6.45) is -4.16. The Labute approximate surface area is 109 Å². The number of amides is 1. The van der Waals surface area contributed by atoms with Crippen LogP contribution in [0.3, 0.4) is 0 Å². The van der Waals surface area contributed by atoms with Crippen LogP contribution >= 0.6 is 0 Å². The van der Waals surface area contributed by atoms with Crippen molar-refractivity contribution in [3.05, 3.63) is 29.8 Å². The molecule has 0 aliphatic carbocycles. The second-order valence-corrected chi connectivity index (χ2v) is 3.59. The standard InChI is InChI=1S/C11H9F6NO2/c12-8(13)11(16,17)9(19)18-5-6-3-1-2-4-7(6)20-10(14)15/h1-4,8,10H,5H2,(H,18,19). The van der Waals surface area contributed by atoms with E-state index < -0.39 is 31.4 Å². The van der Waals surface area contributed by atoms with E-state index in [9.17, 15) is 31.1 Å². The van der Waals surface area contributed by atoms with Gasteiger partial charge in [-0.3, -0.25) is 4.79 Å². The van der Waals surface area contributed by atoms with Gasteiger partial charge in [0.1, 0.15) is 5.75 Å². The van der Waals surface area contributed by atoms with E-state index in [0.717, 1.165) is 6.07 Å². The van der Waals surface area contributed by atoms with Gasteiger partial charge in [0.15, 0.2) is 0 Å². The maximum atomic E-state index is 12.6. The summed E-state index contributed by atoms with van der Waals surface area (Å²) < 4.78 is 77.3. The molecular weight excluding hydrogens is 292 g/mol. The van der Waals surface area contributed by atoms with Crippen LogP contribution in [0.15, 0.2) is 24.3 Å². The SMILES string of the molecule is O=C(NCc1ccccc1OC(F)F)C(F)(F)C(F)F. The zero-order chi connectivity index (χ0) is 15.3. The molecule has 0 aromatic heterocycles.